The van der Waals surface area contributed by atoms with Crippen molar-refractivity contribution in [2.24, 2.45) is 4.99 Å². The second-order valence-corrected chi connectivity index (χ2v) is 10.1. The molecule has 0 atom stereocenters. The van der Waals surface area contributed by atoms with Crippen LogP contribution in [0.5, 0.6) is 0 Å². The van der Waals surface area contributed by atoms with Crippen molar-refractivity contribution in [1.29, 1.82) is 0 Å². The van der Waals surface area contributed by atoms with E-state index in [1.54, 1.807) is 29.2 Å². The lowest BCUT2D eigenvalue weighted by Gasteiger charge is -2.32. The van der Waals surface area contributed by atoms with Gasteiger partial charge in [0.1, 0.15) is 0 Å². The number of amidine groups is 1. The predicted octanol–water partition coefficient (Wildman–Crippen LogP) is 3.71. The molecule has 0 aliphatic carbocycles. The Balaban J connectivity index is 1.65. The second-order valence-electron chi connectivity index (χ2n) is 8.24. The normalized spacial score (nSPS) is 18.5. The van der Waals surface area contributed by atoms with Gasteiger partial charge in [-0.15, -0.1) is 0 Å². The summed E-state index contributed by atoms with van der Waals surface area (Å²) in [6.07, 6.45) is 1.04. The van der Waals surface area contributed by atoms with Crippen molar-refractivity contribution >= 4 is 69.5 Å². The van der Waals surface area contributed by atoms with Crippen LogP contribution >= 0.6 is 35.0 Å². The van der Waals surface area contributed by atoms with E-state index in [0.29, 0.717) is 29.4 Å². The topological polar surface area (TPSA) is 99.6 Å². The molecule has 37 heavy (non-hydrogen) atoms. The van der Waals surface area contributed by atoms with Gasteiger partial charge >= 0.3 is 5.97 Å². The highest BCUT2D eigenvalue weighted by Crippen LogP contribution is 2.35. The molecule has 0 N–H and O–H groups in total. The summed E-state index contributed by atoms with van der Waals surface area (Å²) in [5, 5.41) is 0.491. The van der Waals surface area contributed by atoms with Crippen molar-refractivity contribution in [2.45, 2.75) is 0 Å². The summed E-state index contributed by atoms with van der Waals surface area (Å²) in [5.74, 6) is -2.09. The number of likely N-dealkylation sites (N-methyl/N-ethyl adjacent to an activating group) is 1. The molecule has 0 spiro atoms. The number of anilines is 1. The summed E-state index contributed by atoms with van der Waals surface area (Å²) in [6.45, 7) is 2.85. The maximum atomic E-state index is 13.2. The van der Waals surface area contributed by atoms with E-state index < -0.39 is 17.8 Å². The number of piperazine rings is 1. The molecule has 2 fully saturated rings. The van der Waals surface area contributed by atoms with Crippen LogP contribution in [0.1, 0.15) is 20.7 Å². The number of benzene rings is 2. The van der Waals surface area contributed by atoms with E-state index in [1.807, 2.05) is 7.05 Å². The number of thioether (sulfide) groups is 1. The molecule has 0 unspecified atom stereocenters. The van der Waals surface area contributed by atoms with E-state index in [9.17, 15) is 19.2 Å². The minimum absolute atomic E-state index is 0.0225. The molecule has 2 aliphatic heterocycles. The monoisotopic (exact) mass is 560 g/mol. The van der Waals surface area contributed by atoms with Gasteiger partial charge in [0, 0.05) is 42.8 Å². The zero-order valence-corrected chi connectivity index (χ0v) is 22.3. The Morgan fingerprint density at radius 2 is 1.70 bits per heavy atom. The molecule has 9 nitrogen and oxygen atoms in total. The number of nitrogens with zero attached hydrogens (tertiary/aromatic N) is 4. The molecule has 2 aliphatic rings. The van der Waals surface area contributed by atoms with Gasteiger partial charge in [-0.1, -0.05) is 23.2 Å². The third kappa shape index (κ3) is 6.04. The number of halogens is 2. The van der Waals surface area contributed by atoms with E-state index in [2.05, 4.69) is 14.6 Å². The highest BCUT2D eigenvalue weighted by atomic mass is 35.5. The van der Waals surface area contributed by atoms with Gasteiger partial charge in [-0.25, -0.2) is 4.79 Å². The lowest BCUT2D eigenvalue weighted by Crippen LogP contribution is -2.47. The molecule has 2 heterocycles. The summed E-state index contributed by atoms with van der Waals surface area (Å²) in [6, 6.07) is 10.8. The number of hydrogen-bond acceptors (Lipinski definition) is 7. The van der Waals surface area contributed by atoms with Crippen molar-refractivity contribution in [3.05, 3.63) is 74.6 Å². The van der Waals surface area contributed by atoms with Crippen molar-refractivity contribution < 1.29 is 23.9 Å². The third-order valence-corrected chi connectivity index (χ3v) is 7.29. The van der Waals surface area contributed by atoms with Crippen LogP contribution in [0.15, 0.2) is 58.4 Å². The van der Waals surface area contributed by atoms with Crippen LogP contribution in [0.25, 0.3) is 0 Å². The summed E-state index contributed by atoms with van der Waals surface area (Å²) < 4.78 is 4.64. The molecular formula is C25H22Cl2N4O5S. The molecule has 12 heteroatoms. The van der Waals surface area contributed by atoms with E-state index in [1.165, 1.54) is 30.2 Å². The van der Waals surface area contributed by atoms with E-state index in [0.717, 1.165) is 30.9 Å². The van der Waals surface area contributed by atoms with Crippen LogP contribution in [0.4, 0.5) is 5.69 Å². The van der Waals surface area contributed by atoms with Gasteiger partial charge in [0.15, 0.2) is 5.17 Å². The quantitative estimate of drug-likeness (QED) is 0.415. The van der Waals surface area contributed by atoms with Crippen molar-refractivity contribution in [2.75, 3.05) is 45.2 Å². The Morgan fingerprint density at radius 3 is 2.32 bits per heavy atom. The van der Waals surface area contributed by atoms with E-state index in [4.69, 9.17) is 23.2 Å². The highest BCUT2D eigenvalue weighted by Gasteiger charge is 2.36. The Bertz CT molecular complexity index is 1320. The van der Waals surface area contributed by atoms with Crippen molar-refractivity contribution in [3.63, 3.8) is 0 Å². The highest BCUT2D eigenvalue weighted by molar-refractivity contribution is 8.19. The number of ether oxygens (including phenoxy) is 1. The number of methoxy groups -OCH3 is 1. The van der Waals surface area contributed by atoms with E-state index >= 15 is 0 Å². The van der Waals surface area contributed by atoms with Gasteiger partial charge < -0.3 is 14.5 Å². The fraction of sp³-hybridized carbons (Fsp3) is 0.240. The number of amides is 3. The predicted molar refractivity (Wildman–Crippen MR) is 143 cm³/mol. The van der Waals surface area contributed by atoms with Gasteiger partial charge in [0.25, 0.3) is 17.7 Å². The molecule has 4 rings (SSSR count). The zero-order chi connectivity index (χ0) is 26.7. The van der Waals surface area contributed by atoms with Gasteiger partial charge in [0.05, 0.1) is 28.3 Å². The van der Waals surface area contributed by atoms with Gasteiger partial charge in [-0.3, -0.25) is 19.3 Å². The Kier molecular flexibility index (Phi) is 8.33. The largest absolute Gasteiger partial charge is 0.466 e. The van der Waals surface area contributed by atoms with Crippen LogP contribution in [0.2, 0.25) is 10.0 Å². The SMILES string of the molecule is COC(=O)C=C1SC(=NC(=O)c2ccc(Cl)cc2Cl)N(c2ccc(C(=O)N3CCN(C)CC3)cc2)C1=O. The Hall–Kier alpha value is -3.18. The molecule has 2 aromatic rings. The van der Waals surface area contributed by atoms with Gasteiger partial charge in [-0.05, 0) is 61.3 Å². The van der Waals surface area contributed by atoms with Crippen LogP contribution in [-0.2, 0) is 14.3 Å². The summed E-state index contributed by atoms with van der Waals surface area (Å²) in [4.78, 5) is 60.1. The molecular weight excluding hydrogens is 539 g/mol. The molecule has 0 bridgehead atoms. The van der Waals surface area contributed by atoms with Crippen LogP contribution in [-0.4, -0.2) is 79.0 Å². The first-order valence-corrected chi connectivity index (χ1v) is 12.7. The number of esters is 1. The van der Waals surface area contributed by atoms with Crippen LogP contribution in [0.3, 0.4) is 0 Å². The Labute approximate surface area is 227 Å². The number of carbonyl (C=O) groups is 4. The maximum absolute atomic E-state index is 13.2. The smallest absolute Gasteiger partial charge is 0.331 e. The zero-order valence-electron chi connectivity index (χ0n) is 19.9. The number of aliphatic imine (C=N–C) groups is 1. The molecule has 0 radical (unpaired) electrons. The first kappa shape index (κ1) is 26.9. The second kappa shape index (κ2) is 11.5. The van der Waals surface area contributed by atoms with Crippen LogP contribution < -0.4 is 4.90 Å². The standard InChI is InChI=1S/C25H22Cl2N4O5S/c1-29-9-11-30(12-10-29)23(34)15-3-6-17(7-4-15)31-24(35)20(14-21(32)36-2)37-25(31)28-22(33)18-8-5-16(26)13-19(18)27/h3-8,13-14H,9-12H2,1-2H3. The first-order valence-electron chi connectivity index (χ1n) is 11.2. The lowest BCUT2D eigenvalue weighted by atomic mass is 10.1. The number of carbonyl (C=O) groups excluding carboxylic acids is 4. The van der Waals surface area contributed by atoms with E-state index in [-0.39, 0.29) is 26.6 Å². The maximum Gasteiger partial charge on any atom is 0.331 e. The fourth-order valence-electron chi connectivity index (χ4n) is 3.70. The van der Waals surface area contributed by atoms with Crippen LogP contribution in [0, 0.1) is 0 Å². The van der Waals surface area contributed by atoms with Gasteiger partial charge in [0.2, 0.25) is 0 Å². The first-order chi connectivity index (χ1) is 17.7. The molecule has 0 aromatic heterocycles. The molecule has 2 saturated heterocycles. The molecule has 192 valence electrons. The average Bonchev–Trinajstić information content (AvgIpc) is 3.17. The summed E-state index contributed by atoms with van der Waals surface area (Å²) >= 11 is 12.9. The minimum atomic E-state index is -0.725. The fourth-order valence-corrected chi connectivity index (χ4v) is 5.13. The lowest BCUT2D eigenvalue weighted by molar-refractivity contribution is -0.135. The molecule has 2 aromatic carbocycles. The van der Waals surface area contributed by atoms with Crippen molar-refractivity contribution in [1.82, 2.24) is 9.80 Å². The minimum Gasteiger partial charge on any atom is -0.466 e. The Morgan fingerprint density at radius 1 is 1.03 bits per heavy atom. The average molecular weight is 561 g/mol. The molecule has 0 saturated carbocycles. The third-order valence-electron chi connectivity index (χ3n) is 5.78. The van der Waals surface area contributed by atoms with Gasteiger partial charge in [-0.2, -0.15) is 4.99 Å². The molecule has 3 amide bonds. The van der Waals surface area contributed by atoms with Crippen molar-refractivity contribution in [3.8, 4) is 0 Å². The summed E-state index contributed by atoms with van der Waals surface area (Å²) in [5.41, 5.74) is 0.944. The number of hydrogen-bond donors (Lipinski definition) is 0. The summed E-state index contributed by atoms with van der Waals surface area (Å²) in [7, 11) is 3.20. The number of rotatable bonds is 4.